The number of methoxy groups -OCH3 is 1. The van der Waals surface area contributed by atoms with Crippen LogP contribution in [0.5, 0.6) is 5.75 Å². The first-order valence-corrected chi connectivity index (χ1v) is 7.40. The number of amides is 2. The quantitative estimate of drug-likeness (QED) is 0.800. The van der Waals surface area contributed by atoms with Crippen molar-refractivity contribution in [1.82, 2.24) is 4.90 Å². The second-order valence-electron chi connectivity index (χ2n) is 5.33. The summed E-state index contributed by atoms with van der Waals surface area (Å²) in [4.78, 5) is 36.6. The second kappa shape index (κ2) is 7.62. The fourth-order valence-electron chi connectivity index (χ4n) is 2.56. The maximum Gasteiger partial charge on any atom is 0.308 e. The van der Waals surface area contributed by atoms with Crippen molar-refractivity contribution in [3.63, 3.8) is 0 Å². The molecule has 1 heterocycles. The van der Waals surface area contributed by atoms with Crippen LogP contribution in [-0.4, -0.2) is 49.5 Å². The number of likely N-dealkylation sites (tertiary alicyclic amines) is 1. The average Bonchev–Trinajstić information content (AvgIpc) is 2.59. The number of primary amides is 1. The van der Waals surface area contributed by atoms with Crippen LogP contribution in [0.15, 0.2) is 24.3 Å². The number of rotatable bonds is 5. The van der Waals surface area contributed by atoms with Gasteiger partial charge in [0.1, 0.15) is 5.75 Å². The van der Waals surface area contributed by atoms with Gasteiger partial charge in [-0.1, -0.05) is 12.1 Å². The third-order valence-corrected chi connectivity index (χ3v) is 3.89. The van der Waals surface area contributed by atoms with Crippen molar-refractivity contribution in [2.24, 2.45) is 11.7 Å². The third kappa shape index (κ3) is 4.21. The van der Waals surface area contributed by atoms with E-state index in [-0.39, 0.29) is 35.7 Å². The molecule has 0 aromatic heterocycles. The molecular weight excluding hydrogens is 300 g/mol. The van der Waals surface area contributed by atoms with E-state index in [2.05, 4.69) is 0 Å². The lowest BCUT2D eigenvalue weighted by Crippen LogP contribution is -2.42. The van der Waals surface area contributed by atoms with Gasteiger partial charge >= 0.3 is 5.97 Å². The summed E-state index contributed by atoms with van der Waals surface area (Å²) in [6.45, 7) is 0.798. The minimum atomic E-state index is -0.605. The first-order valence-electron chi connectivity index (χ1n) is 7.40. The van der Waals surface area contributed by atoms with Crippen molar-refractivity contribution in [3.05, 3.63) is 29.8 Å². The van der Waals surface area contributed by atoms with Crippen LogP contribution >= 0.6 is 0 Å². The zero-order chi connectivity index (χ0) is 16.8. The van der Waals surface area contributed by atoms with Crippen molar-refractivity contribution in [2.75, 3.05) is 26.8 Å². The Hall–Kier alpha value is -2.57. The molecule has 2 N–H and O–H groups in total. The molecule has 1 saturated heterocycles. The number of benzene rings is 1. The Balaban J connectivity index is 1.87. The van der Waals surface area contributed by atoms with Gasteiger partial charge < -0.3 is 20.1 Å². The molecule has 1 aliphatic heterocycles. The van der Waals surface area contributed by atoms with E-state index in [9.17, 15) is 14.4 Å². The molecule has 7 heteroatoms. The summed E-state index contributed by atoms with van der Waals surface area (Å²) in [7, 11) is 1.36. The van der Waals surface area contributed by atoms with Gasteiger partial charge in [0.05, 0.1) is 18.6 Å². The number of carbonyl (C=O) groups is 3. The first kappa shape index (κ1) is 16.8. The van der Waals surface area contributed by atoms with Gasteiger partial charge in [-0.15, -0.1) is 0 Å². The molecule has 124 valence electrons. The molecule has 0 radical (unpaired) electrons. The fraction of sp³-hybridized carbons (Fsp3) is 0.438. The lowest BCUT2D eigenvalue weighted by atomic mass is 9.97. The molecule has 0 bridgehead atoms. The van der Waals surface area contributed by atoms with Crippen LogP contribution in [-0.2, 0) is 14.3 Å². The highest BCUT2D eigenvalue weighted by Crippen LogP contribution is 2.20. The number of carbonyl (C=O) groups excluding carboxylic acids is 3. The van der Waals surface area contributed by atoms with Crippen molar-refractivity contribution < 1.29 is 23.9 Å². The van der Waals surface area contributed by atoms with Crippen LogP contribution < -0.4 is 10.5 Å². The number of hydrogen-bond donors (Lipinski definition) is 1. The smallest absolute Gasteiger partial charge is 0.308 e. The number of piperidine rings is 1. The Labute approximate surface area is 134 Å². The predicted molar refractivity (Wildman–Crippen MR) is 81.8 cm³/mol. The molecule has 0 unspecified atom stereocenters. The molecule has 1 aromatic carbocycles. The molecule has 0 aliphatic carbocycles. The molecule has 0 atom stereocenters. The van der Waals surface area contributed by atoms with Crippen molar-refractivity contribution in [3.8, 4) is 5.75 Å². The van der Waals surface area contributed by atoms with Crippen LogP contribution in [0.3, 0.4) is 0 Å². The minimum Gasteiger partial charge on any atom is -0.483 e. The van der Waals surface area contributed by atoms with Gasteiger partial charge in [-0.3, -0.25) is 14.4 Å². The molecule has 1 aromatic rings. The van der Waals surface area contributed by atoms with Crippen molar-refractivity contribution >= 4 is 17.8 Å². The van der Waals surface area contributed by atoms with Gasteiger partial charge in [-0.25, -0.2) is 0 Å². The zero-order valence-electron chi connectivity index (χ0n) is 13.0. The average molecular weight is 320 g/mol. The normalized spacial score (nSPS) is 15.1. The largest absolute Gasteiger partial charge is 0.483 e. The summed E-state index contributed by atoms with van der Waals surface area (Å²) >= 11 is 0. The highest BCUT2D eigenvalue weighted by atomic mass is 16.5. The Morgan fingerprint density at radius 1 is 1.22 bits per heavy atom. The first-order chi connectivity index (χ1) is 11.0. The van der Waals surface area contributed by atoms with E-state index >= 15 is 0 Å². The van der Waals surface area contributed by atoms with Gasteiger partial charge in [-0.05, 0) is 25.0 Å². The maximum absolute atomic E-state index is 12.2. The van der Waals surface area contributed by atoms with E-state index in [4.69, 9.17) is 15.2 Å². The molecule has 2 rings (SSSR count). The fourth-order valence-corrected chi connectivity index (χ4v) is 2.56. The number of nitrogens with zero attached hydrogens (tertiary/aromatic N) is 1. The Morgan fingerprint density at radius 2 is 1.87 bits per heavy atom. The topological polar surface area (TPSA) is 98.9 Å². The summed E-state index contributed by atoms with van der Waals surface area (Å²) in [6.07, 6.45) is 1.16. The van der Waals surface area contributed by atoms with E-state index in [0.29, 0.717) is 25.9 Å². The van der Waals surface area contributed by atoms with Gasteiger partial charge in [0.25, 0.3) is 11.8 Å². The molecule has 1 fully saturated rings. The second-order valence-corrected chi connectivity index (χ2v) is 5.33. The summed E-state index contributed by atoms with van der Waals surface area (Å²) < 4.78 is 10.1. The number of nitrogens with two attached hydrogens (primary N) is 1. The van der Waals surface area contributed by atoms with E-state index < -0.39 is 5.91 Å². The SMILES string of the molecule is COC(=O)C1CCN(C(=O)COc2ccccc2C(N)=O)CC1. The van der Waals surface area contributed by atoms with Crippen LogP contribution in [0.4, 0.5) is 0 Å². The summed E-state index contributed by atoms with van der Waals surface area (Å²) in [5, 5.41) is 0. The number of para-hydroxylation sites is 1. The van der Waals surface area contributed by atoms with Gasteiger partial charge in [0, 0.05) is 13.1 Å². The van der Waals surface area contributed by atoms with Crippen LogP contribution in [0.2, 0.25) is 0 Å². The lowest BCUT2D eigenvalue weighted by Gasteiger charge is -2.30. The van der Waals surface area contributed by atoms with Crippen LogP contribution in [0.1, 0.15) is 23.2 Å². The monoisotopic (exact) mass is 320 g/mol. The highest BCUT2D eigenvalue weighted by Gasteiger charge is 2.28. The molecule has 7 nitrogen and oxygen atoms in total. The molecule has 2 amide bonds. The third-order valence-electron chi connectivity index (χ3n) is 3.89. The van der Waals surface area contributed by atoms with E-state index in [0.717, 1.165) is 0 Å². The van der Waals surface area contributed by atoms with Crippen molar-refractivity contribution in [2.45, 2.75) is 12.8 Å². The van der Waals surface area contributed by atoms with Gasteiger partial charge in [0.15, 0.2) is 6.61 Å². The molecule has 23 heavy (non-hydrogen) atoms. The minimum absolute atomic E-state index is 0.152. The number of esters is 1. The lowest BCUT2D eigenvalue weighted by molar-refractivity contribution is -0.149. The summed E-state index contributed by atoms with van der Waals surface area (Å²) in [6, 6.07) is 6.52. The summed E-state index contributed by atoms with van der Waals surface area (Å²) in [5.74, 6) is -0.887. The Bertz CT molecular complexity index is 594. The molecule has 1 aliphatic rings. The van der Waals surface area contributed by atoms with Crippen LogP contribution in [0.25, 0.3) is 0 Å². The number of ether oxygens (including phenoxy) is 2. The predicted octanol–water partition coefficient (Wildman–Crippen LogP) is 0.576. The Kier molecular flexibility index (Phi) is 5.56. The van der Waals surface area contributed by atoms with Crippen molar-refractivity contribution in [1.29, 1.82) is 0 Å². The highest BCUT2D eigenvalue weighted by molar-refractivity contribution is 5.95. The molecular formula is C16H20N2O5. The summed E-state index contributed by atoms with van der Waals surface area (Å²) in [5.41, 5.74) is 5.50. The molecule has 0 saturated carbocycles. The Morgan fingerprint density at radius 3 is 2.48 bits per heavy atom. The van der Waals surface area contributed by atoms with Crippen LogP contribution in [0, 0.1) is 5.92 Å². The molecule has 0 spiro atoms. The standard InChI is InChI=1S/C16H20N2O5/c1-22-16(21)11-6-8-18(9-7-11)14(19)10-23-13-5-3-2-4-12(13)15(17)20/h2-5,11H,6-10H2,1H3,(H2,17,20). The van der Waals surface area contributed by atoms with Gasteiger partial charge in [0.2, 0.25) is 0 Å². The number of hydrogen-bond acceptors (Lipinski definition) is 5. The van der Waals surface area contributed by atoms with E-state index in [1.165, 1.54) is 7.11 Å². The maximum atomic E-state index is 12.2. The van der Waals surface area contributed by atoms with E-state index in [1.54, 1.807) is 29.2 Å². The van der Waals surface area contributed by atoms with E-state index in [1.807, 2.05) is 0 Å². The zero-order valence-corrected chi connectivity index (χ0v) is 13.0. The van der Waals surface area contributed by atoms with Gasteiger partial charge in [-0.2, -0.15) is 0 Å².